The Hall–Kier alpha value is -2.07. The molecule has 0 unspecified atom stereocenters. The molecule has 104 valence electrons. The minimum atomic E-state index is -0.349. The molecule has 0 aliphatic carbocycles. The van der Waals surface area contributed by atoms with Crippen molar-refractivity contribution in [2.75, 3.05) is 6.61 Å². The summed E-state index contributed by atoms with van der Waals surface area (Å²) >= 11 is 0. The van der Waals surface area contributed by atoms with Gasteiger partial charge < -0.3 is 4.74 Å². The molecule has 0 aliphatic rings. The van der Waals surface area contributed by atoms with Crippen LogP contribution in [0.4, 0.5) is 8.78 Å². The Balaban J connectivity index is 1.78. The number of benzene rings is 2. The Morgan fingerprint density at radius 3 is 2.40 bits per heavy atom. The monoisotopic (exact) mass is 276 g/mol. The van der Waals surface area contributed by atoms with Gasteiger partial charge in [-0.1, -0.05) is 30.3 Å². The van der Waals surface area contributed by atoms with Gasteiger partial charge >= 0.3 is 0 Å². The van der Waals surface area contributed by atoms with Gasteiger partial charge in [0.2, 0.25) is 0 Å². The van der Waals surface area contributed by atoms with Crippen molar-refractivity contribution in [2.24, 2.45) is 0 Å². The van der Waals surface area contributed by atoms with Crippen molar-refractivity contribution < 1.29 is 18.3 Å². The van der Waals surface area contributed by atoms with E-state index in [0.29, 0.717) is 5.56 Å². The van der Waals surface area contributed by atoms with E-state index in [1.807, 2.05) is 0 Å². The molecule has 0 amide bonds. The third-order valence-electron chi connectivity index (χ3n) is 2.79. The summed E-state index contributed by atoms with van der Waals surface area (Å²) in [5.74, 6) is -0.816. The molecule has 0 saturated heterocycles. The summed E-state index contributed by atoms with van der Waals surface area (Å²) in [6.07, 6.45) is 0.178. The standard InChI is InChI=1S/C16H14F2O2/c17-14-7-5-12(6-8-14)9-15(19)11-20-10-13-3-1-2-4-16(13)18/h1-8H,9-11H2. The van der Waals surface area contributed by atoms with Crippen LogP contribution < -0.4 is 0 Å². The summed E-state index contributed by atoms with van der Waals surface area (Å²) in [4.78, 5) is 11.7. The fourth-order valence-corrected chi connectivity index (χ4v) is 1.77. The molecule has 0 aromatic heterocycles. The van der Waals surface area contributed by atoms with Gasteiger partial charge in [0.15, 0.2) is 5.78 Å². The van der Waals surface area contributed by atoms with E-state index in [-0.39, 0.29) is 37.1 Å². The molecule has 0 radical (unpaired) electrons. The molecule has 0 N–H and O–H groups in total. The van der Waals surface area contributed by atoms with Crippen LogP contribution in [0.1, 0.15) is 11.1 Å². The molecule has 0 bridgehead atoms. The highest BCUT2D eigenvalue weighted by atomic mass is 19.1. The van der Waals surface area contributed by atoms with Gasteiger partial charge in [0, 0.05) is 12.0 Å². The second kappa shape index (κ2) is 6.91. The second-order valence-electron chi connectivity index (χ2n) is 4.43. The number of ether oxygens (including phenoxy) is 1. The highest BCUT2D eigenvalue weighted by Crippen LogP contribution is 2.08. The summed E-state index contributed by atoms with van der Waals surface area (Å²) in [6, 6.07) is 12.0. The molecule has 4 heteroatoms. The van der Waals surface area contributed by atoms with Crippen LogP contribution in [0.3, 0.4) is 0 Å². The second-order valence-corrected chi connectivity index (χ2v) is 4.43. The van der Waals surface area contributed by atoms with E-state index >= 15 is 0 Å². The van der Waals surface area contributed by atoms with Gasteiger partial charge in [-0.2, -0.15) is 0 Å². The van der Waals surface area contributed by atoms with Crippen LogP contribution in [0.15, 0.2) is 48.5 Å². The van der Waals surface area contributed by atoms with Crippen molar-refractivity contribution in [1.82, 2.24) is 0 Å². The maximum Gasteiger partial charge on any atom is 0.162 e. The molecule has 2 nitrogen and oxygen atoms in total. The SMILES string of the molecule is O=C(COCc1ccccc1F)Cc1ccc(F)cc1. The van der Waals surface area contributed by atoms with E-state index in [0.717, 1.165) is 5.56 Å². The molecule has 20 heavy (non-hydrogen) atoms. The molecule has 0 saturated carbocycles. The van der Waals surface area contributed by atoms with E-state index in [2.05, 4.69) is 0 Å². The fourth-order valence-electron chi connectivity index (χ4n) is 1.77. The molecule has 0 atom stereocenters. The van der Waals surface area contributed by atoms with Crippen molar-refractivity contribution in [2.45, 2.75) is 13.0 Å². The predicted molar refractivity (Wildman–Crippen MR) is 71.2 cm³/mol. The lowest BCUT2D eigenvalue weighted by Gasteiger charge is -2.05. The zero-order chi connectivity index (χ0) is 14.4. The Kier molecular flexibility index (Phi) is 4.96. The third-order valence-corrected chi connectivity index (χ3v) is 2.79. The number of carbonyl (C=O) groups is 1. The van der Waals surface area contributed by atoms with Crippen LogP contribution in [0.2, 0.25) is 0 Å². The van der Waals surface area contributed by atoms with Crippen molar-refractivity contribution in [3.8, 4) is 0 Å². The topological polar surface area (TPSA) is 26.3 Å². The van der Waals surface area contributed by atoms with Gasteiger partial charge in [-0.15, -0.1) is 0 Å². The highest BCUT2D eigenvalue weighted by Gasteiger charge is 2.06. The Morgan fingerprint density at radius 2 is 1.70 bits per heavy atom. The highest BCUT2D eigenvalue weighted by molar-refractivity contribution is 5.82. The number of carbonyl (C=O) groups excluding carboxylic acids is 1. The van der Waals surface area contributed by atoms with Gasteiger partial charge in [-0.25, -0.2) is 8.78 Å². The first-order valence-corrected chi connectivity index (χ1v) is 6.22. The van der Waals surface area contributed by atoms with Crippen LogP contribution in [-0.2, 0) is 22.6 Å². The normalized spacial score (nSPS) is 10.5. The van der Waals surface area contributed by atoms with Crippen molar-refractivity contribution in [3.05, 3.63) is 71.3 Å². The Labute approximate surface area is 116 Å². The fraction of sp³-hybridized carbons (Fsp3) is 0.188. The Morgan fingerprint density at radius 1 is 1.00 bits per heavy atom. The van der Waals surface area contributed by atoms with Crippen LogP contribution in [0, 0.1) is 11.6 Å². The first-order valence-electron chi connectivity index (χ1n) is 6.22. The number of hydrogen-bond donors (Lipinski definition) is 0. The van der Waals surface area contributed by atoms with E-state index < -0.39 is 0 Å². The van der Waals surface area contributed by atoms with Gasteiger partial charge in [-0.3, -0.25) is 4.79 Å². The molecule has 2 aromatic rings. The molecule has 2 rings (SSSR count). The first-order chi connectivity index (χ1) is 9.65. The zero-order valence-electron chi connectivity index (χ0n) is 10.8. The average molecular weight is 276 g/mol. The van der Waals surface area contributed by atoms with Crippen molar-refractivity contribution in [3.63, 3.8) is 0 Å². The number of rotatable bonds is 6. The maximum atomic E-state index is 13.3. The predicted octanol–water partition coefficient (Wildman–Crippen LogP) is 3.29. The number of hydrogen-bond acceptors (Lipinski definition) is 2. The lowest BCUT2D eigenvalue weighted by Crippen LogP contribution is -2.11. The minimum Gasteiger partial charge on any atom is -0.369 e. The number of ketones is 1. The van der Waals surface area contributed by atoms with E-state index in [9.17, 15) is 13.6 Å². The smallest absolute Gasteiger partial charge is 0.162 e. The lowest BCUT2D eigenvalue weighted by atomic mass is 10.1. The van der Waals surface area contributed by atoms with E-state index in [4.69, 9.17) is 4.74 Å². The number of halogens is 2. The summed E-state index contributed by atoms with van der Waals surface area (Å²) in [5.41, 5.74) is 1.15. The maximum absolute atomic E-state index is 13.3. The third kappa shape index (κ3) is 4.24. The largest absolute Gasteiger partial charge is 0.369 e. The van der Waals surface area contributed by atoms with Gasteiger partial charge in [0.05, 0.1) is 6.61 Å². The summed E-state index contributed by atoms with van der Waals surface area (Å²) < 4.78 is 31.2. The van der Waals surface area contributed by atoms with E-state index in [1.165, 1.54) is 18.2 Å². The van der Waals surface area contributed by atoms with Gasteiger partial charge in [0.25, 0.3) is 0 Å². The van der Waals surface area contributed by atoms with E-state index in [1.54, 1.807) is 30.3 Å². The summed E-state index contributed by atoms with van der Waals surface area (Å²) in [5, 5.41) is 0. The van der Waals surface area contributed by atoms with Crippen LogP contribution >= 0.6 is 0 Å². The molecule has 2 aromatic carbocycles. The molecular formula is C16H14F2O2. The van der Waals surface area contributed by atoms with Gasteiger partial charge in [-0.05, 0) is 23.8 Å². The van der Waals surface area contributed by atoms with Crippen LogP contribution in [0.25, 0.3) is 0 Å². The molecular weight excluding hydrogens is 262 g/mol. The van der Waals surface area contributed by atoms with Crippen LogP contribution in [-0.4, -0.2) is 12.4 Å². The molecule has 0 aliphatic heterocycles. The quantitative estimate of drug-likeness (QED) is 0.809. The molecule has 0 spiro atoms. The minimum absolute atomic E-state index is 0.0574. The summed E-state index contributed by atoms with van der Waals surface area (Å²) in [7, 11) is 0. The molecule has 0 heterocycles. The zero-order valence-corrected chi connectivity index (χ0v) is 10.8. The van der Waals surface area contributed by atoms with Crippen molar-refractivity contribution in [1.29, 1.82) is 0 Å². The van der Waals surface area contributed by atoms with Crippen molar-refractivity contribution >= 4 is 5.78 Å². The number of Topliss-reactive ketones (excluding diaryl/α,β-unsaturated/α-hetero) is 1. The molecule has 0 fully saturated rings. The lowest BCUT2D eigenvalue weighted by molar-refractivity contribution is -0.123. The van der Waals surface area contributed by atoms with Gasteiger partial charge in [0.1, 0.15) is 18.2 Å². The summed E-state index contributed by atoms with van der Waals surface area (Å²) in [6.45, 7) is -0.0342. The first kappa shape index (κ1) is 14.3. The average Bonchev–Trinajstić information content (AvgIpc) is 2.43. The Bertz CT molecular complexity index is 579. The van der Waals surface area contributed by atoms with Crippen LogP contribution in [0.5, 0.6) is 0 Å².